The monoisotopic (exact) mass is 296 g/mol. The Morgan fingerprint density at radius 3 is 2.91 bits per heavy atom. The summed E-state index contributed by atoms with van der Waals surface area (Å²) in [4.78, 5) is 4.48. The van der Waals surface area contributed by atoms with E-state index in [1.807, 2.05) is 30.5 Å². The van der Waals surface area contributed by atoms with Crippen LogP contribution in [0.5, 0.6) is 5.75 Å². The summed E-state index contributed by atoms with van der Waals surface area (Å²) in [7, 11) is 1.66. The summed E-state index contributed by atoms with van der Waals surface area (Å²) in [5.41, 5.74) is 4.49. The van der Waals surface area contributed by atoms with E-state index in [0.717, 1.165) is 42.2 Å². The van der Waals surface area contributed by atoms with Crippen LogP contribution in [0.25, 0.3) is 0 Å². The second-order valence-corrected chi connectivity index (χ2v) is 5.30. The zero-order valence-electron chi connectivity index (χ0n) is 12.6. The van der Waals surface area contributed by atoms with Gasteiger partial charge in [0.15, 0.2) is 0 Å². The van der Waals surface area contributed by atoms with Crippen LogP contribution in [0.1, 0.15) is 22.3 Å². The molecule has 2 aromatic rings. The zero-order chi connectivity index (χ0) is 15.4. The summed E-state index contributed by atoms with van der Waals surface area (Å²) in [5.74, 6) is 1.63. The lowest BCUT2D eigenvalue weighted by molar-refractivity contribution is 0.414. The van der Waals surface area contributed by atoms with Crippen LogP contribution in [-0.4, -0.2) is 24.9 Å². The van der Waals surface area contributed by atoms with Gasteiger partial charge in [-0.2, -0.15) is 0 Å². The van der Waals surface area contributed by atoms with Gasteiger partial charge in [0.05, 0.1) is 7.11 Å². The third-order valence-electron chi connectivity index (χ3n) is 3.95. The topological polar surface area (TPSA) is 70.0 Å². The summed E-state index contributed by atoms with van der Waals surface area (Å²) in [5, 5.41) is 14.4. The molecule has 22 heavy (non-hydrogen) atoms. The molecule has 0 radical (unpaired) electrons. The molecular formula is C17H20N4O. The van der Waals surface area contributed by atoms with E-state index in [0.29, 0.717) is 6.54 Å². The summed E-state index contributed by atoms with van der Waals surface area (Å²) < 4.78 is 5.16. The molecular weight excluding hydrogens is 276 g/mol. The summed E-state index contributed by atoms with van der Waals surface area (Å²) in [6.07, 6.45) is 4.26. The van der Waals surface area contributed by atoms with Crippen molar-refractivity contribution in [3.63, 3.8) is 0 Å². The lowest BCUT2D eigenvalue weighted by atomic mass is 9.98. The molecule has 0 atom stereocenters. The molecule has 0 unspecified atom stereocenters. The van der Waals surface area contributed by atoms with Gasteiger partial charge in [0.25, 0.3) is 0 Å². The molecule has 0 amide bonds. The van der Waals surface area contributed by atoms with Gasteiger partial charge < -0.3 is 20.8 Å². The van der Waals surface area contributed by atoms with Crippen molar-refractivity contribution >= 4 is 12.0 Å². The first-order valence-electron chi connectivity index (χ1n) is 7.40. The molecule has 0 bridgehead atoms. The van der Waals surface area contributed by atoms with Crippen LogP contribution in [0, 0.1) is 5.41 Å². The van der Waals surface area contributed by atoms with Gasteiger partial charge in [-0.1, -0.05) is 12.1 Å². The van der Waals surface area contributed by atoms with Crippen molar-refractivity contribution in [3.05, 3.63) is 52.7 Å². The average Bonchev–Trinajstić information content (AvgIpc) is 2.59. The highest BCUT2D eigenvalue weighted by Gasteiger charge is 2.15. The number of rotatable bonds is 5. The fraction of sp³-hybridized carbons (Fsp3) is 0.294. The number of aromatic nitrogens is 1. The van der Waals surface area contributed by atoms with Crippen LogP contribution in [0.3, 0.4) is 0 Å². The van der Waals surface area contributed by atoms with Crippen molar-refractivity contribution in [2.45, 2.75) is 19.5 Å². The minimum absolute atomic E-state index is 0.675. The molecule has 0 aliphatic carbocycles. The van der Waals surface area contributed by atoms with Crippen LogP contribution in [0.4, 0.5) is 5.82 Å². The second kappa shape index (κ2) is 6.58. The lowest BCUT2D eigenvalue weighted by Crippen LogP contribution is -2.25. The largest absolute Gasteiger partial charge is 0.497 e. The highest BCUT2D eigenvalue weighted by Crippen LogP contribution is 2.23. The lowest BCUT2D eigenvalue weighted by Gasteiger charge is -2.20. The molecule has 114 valence electrons. The normalized spacial score (nSPS) is 13.3. The van der Waals surface area contributed by atoms with E-state index in [2.05, 4.69) is 15.6 Å². The number of nitrogens with zero attached hydrogens (tertiary/aromatic N) is 1. The van der Waals surface area contributed by atoms with Gasteiger partial charge in [-0.05, 0) is 41.8 Å². The standard InChI is InChI=1S/C17H20N4O/c1-22-14-4-2-12(3-5-14)9-20-17-16(8-18)15-6-7-19-10-13(15)11-21-17/h2-5,8,11,18-19H,6-7,9-10H2,1H3,(H,20,21). The zero-order valence-corrected chi connectivity index (χ0v) is 12.6. The average molecular weight is 296 g/mol. The molecule has 1 aromatic heterocycles. The van der Waals surface area contributed by atoms with Gasteiger partial charge in [0.2, 0.25) is 0 Å². The Balaban J connectivity index is 1.78. The molecule has 3 N–H and O–H groups in total. The molecule has 0 spiro atoms. The Morgan fingerprint density at radius 2 is 2.18 bits per heavy atom. The van der Waals surface area contributed by atoms with Gasteiger partial charge in [0, 0.05) is 31.1 Å². The third-order valence-corrected chi connectivity index (χ3v) is 3.95. The molecule has 0 saturated carbocycles. The van der Waals surface area contributed by atoms with Crippen molar-refractivity contribution in [1.82, 2.24) is 10.3 Å². The first-order chi connectivity index (χ1) is 10.8. The van der Waals surface area contributed by atoms with E-state index < -0.39 is 0 Å². The van der Waals surface area contributed by atoms with Crippen LogP contribution in [0.15, 0.2) is 30.5 Å². The SMILES string of the molecule is COc1ccc(CNc2ncc3c(c2C=N)CCNC3)cc1. The number of nitrogens with one attached hydrogen (secondary N) is 3. The number of methoxy groups -OCH3 is 1. The predicted octanol–water partition coefficient (Wildman–Crippen LogP) is 2.35. The Hall–Kier alpha value is -2.40. The highest BCUT2D eigenvalue weighted by molar-refractivity contribution is 5.87. The van der Waals surface area contributed by atoms with E-state index >= 15 is 0 Å². The van der Waals surface area contributed by atoms with Crippen LogP contribution in [-0.2, 0) is 19.5 Å². The van der Waals surface area contributed by atoms with Gasteiger partial charge in [-0.15, -0.1) is 0 Å². The van der Waals surface area contributed by atoms with Crippen LogP contribution < -0.4 is 15.4 Å². The predicted molar refractivity (Wildman–Crippen MR) is 87.9 cm³/mol. The van der Waals surface area contributed by atoms with E-state index in [1.54, 1.807) is 7.11 Å². The van der Waals surface area contributed by atoms with Crippen molar-refractivity contribution in [2.75, 3.05) is 19.0 Å². The number of benzene rings is 1. The Bertz CT molecular complexity index is 667. The van der Waals surface area contributed by atoms with Crippen molar-refractivity contribution in [2.24, 2.45) is 0 Å². The molecule has 5 heteroatoms. The molecule has 0 saturated heterocycles. The van der Waals surface area contributed by atoms with Gasteiger partial charge in [-0.3, -0.25) is 0 Å². The molecule has 1 aromatic carbocycles. The van der Waals surface area contributed by atoms with E-state index in [-0.39, 0.29) is 0 Å². The third kappa shape index (κ3) is 2.94. The molecule has 3 rings (SSSR count). The minimum atomic E-state index is 0.675. The number of pyridine rings is 1. The van der Waals surface area contributed by atoms with Crippen LogP contribution >= 0.6 is 0 Å². The van der Waals surface area contributed by atoms with Crippen LogP contribution in [0.2, 0.25) is 0 Å². The number of hydrogen-bond acceptors (Lipinski definition) is 5. The smallest absolute Gasteiger partial charge is 0.135 e. The molecule has 0 fully saturated rings. The first-order valence-corrected chi connectivity index (χ1v) is 7.40. The number of hydrogen-bond donors (Lipinski definition) is 3. The quantitative estimate of drug-likeness (QED) is 0.741. The highest BCUT2D eigenvalue weighted by atomic mass is 16.5. The van der Waals surface area contributed by atoms with Gasteiger partial charge in [-0.25, -0.2) is 4.98 Å². The number of ether oxygens (including phenoxy) is 1. The summed E-state index contributed by atoms with van der Waals surface area (Å²) >= 11 is 0. The molecule has 5 nitrogen and oxygen atoms in total. The number of anilines is 1. The minimum Gasteiger partial charge on any atom is -0.497 e. The summed E-state index contributed by atoms with van der Waals surface area (Å²) in [6, 6.07) is 7.94. The fourth-order valence-electron chi connectivity index (χ4n) is 2.72. The van der Waals surface area contributed by atoms with E-state index in [9.17, 15) is 0 Å². The second-order valence-electron chi connectivity index (χ2n) is 5.30. The maximum atomic E-state index is 7.72. The molecule has 2 heterocycles. The maximum Gasteiger partial charge on any atom is 0.135 e. The fourth-order valence-corrected chi connectivity index (χ4v) is 2.72. The van der Waals surface area contributed by atoms with Crippen molar-refractivity contribution in [3.8, 4) is 5.75 Å². The first kappa shape index (κ1) is 14.5. The molecule has 1 aliphatic heterocycles. The Labute approximate surface area is 130 Å². The van der Waals surface area contributed by atoms with E-state index in [4.69, 9.17) is 10.1 Å². The van der Waals surface area contributed by atoms with Crippen molar-refractivity contribution < 1.29 is 4.74 Å². The van der Waals surface area contributed by atoms with Gasteiger partial charge >= 0.3 is 0 Å². The van der Waals surface area contributed by atoms with Gasteiger partial charge in [0.1, 0.15) is 11.6 Å². The Kier molecular flexibility index (Phi) is 4.34. The molecule has 1 aliphatic rings. The number of fused-ring (bicyclic) bond motifs is 1. The maximum absolute atomic E-state index is 7.72. The van der Waals surface area contributed by atoms with E-state index in [1.165, 1.54) is 17.3 Å². The summed E-state index contributed by atoms with van der Waals surface area (Å²) in [6.45, 7) is 2.46. The Morgan fingerprint density at radius 1 is 1.36 bits per heavy atom. The van der Waals surface area contributed by atoms with Crippen molar-refractivity contribution in [1.29, 1.82) is 5.41 Å².